The van der Waals surface area contributed by atoms with E-state index in [9.17, 15) is 9.59 Å². The van der Waals surface area contributed by atoms with Gasteiger partial charge < -0.3 is 9.67 Å². The molecule has 0 unspecified atom stereocenters. The van der Waals surface area contributed by atoms with Crippen LogP contribution in [0.1, 0.15) is 15.9 Å². The highest BCUT2D eigenvalue weighted by molar-refractivity contribution is 6.25. The van der Waals surface area contributed by atoms with E-state index in [0.29, 0.717) is 11.4 Å². The predicted molar refractivity (Wildman–Crippen MR) is 95.9 cm³/mol. The minimum Gasteiger partial charge on any atom is -0.478 e. The van der Waals surface area contributed by atoms with Crippen LogP contribution >= 0.6 is 0 Å². The van der Waals surface area contributed by atoms with E-state index in [0.717, 1.165) is 16.5 Å². The molecule has 2 aromatic heterocycles. The summed E-state index contributed by atoms with van der Waals surface area (Å²) in [7, 11) is 1.83. The molecule has 0 atom stereocenters. The van der Waals surface area contributed by atoms with Crippen LogP contribution in [0, 0.1) is 0 Å². The van der Waals surface area contributed by atoms with Crippen molar-refractivity contribution in [2.24, 2.45) is 12.1 Å². The summed E-state index contributed by atoms with van der Waals surface area (Å²) in [6.07, 6.45) is 9.52. The Labute approximate surface area is 147 Å². The molecule has 0 spiro atoms. The van der Waals surface area contributed by atoms with Gasteiger partial charge in [0.15, 0.2) is 5.82 Å². The first-order valence-corrected chi connectivity index (χ1v) is 7.73. The van der Waals surface area contributed by atoms with E-state index in [1.807, 2.05) is 17.8 Å². The molecule has 1 N–H and O–H groups in total. The normalized spacial score (nSPS) is 15.3. The number of carbonyl (C=O) groups is 2. The highest BCUT2D eigenvalue weighted by Crippen LogP contribution is 2.26. The zero-order valence-electron chi connectivity index (χ0n) is 13.7. The quantitative estimate of drug-likeness (QED) is 0.731. The van der Waals surface area contributed by atoms with Crippen molar-refractivity contribution in [3.63, 3.8) is 0 Å². The summed E-state index contributed by atoms with van der Waals surface area (Å²) in [6, 6.07) is 4.89. The van der Waals surface area contributed by atoms with Crippen LogP contribution in [0.15, 0.2) is 53.7 Å². The van der Waals surface area contributed by atoms with Crippen LogP contribution in [0.2, 0.25) is 0 Å². The summed E-state index contributed by atoms with van der Waals surface area (Å²) in [5.41, 5.74) is 2.19. The Morgan fingerprint density at radius 2 is 2.12 bits per heavy atom. The second-order valence-corrected chi connectivity index (χ2v) is 5.76. The van der Waals surface area contributed by atoms with E-state index in [-0.39, 0.29) is 11.5 Å². The Balaban J connectivity index is 1.72. The summed E-state index contributed by atoms with van der Waals surface area (Å²) < 4.78 is 1.82. The fourth-order valence-electron chi connectivity index (χ4n) is 2.84. The van der Waals surface area contributed by atoms with E-state index in [1.54, 1.807) is 24.3 Å². The lowest BCUT2D eigenvalue weighted by atomic mass is 10.1. The molecule has 0 saturated carbocycles. The summed E-state index contributed by atoms with van der Waals surface area (Å²) in [5.74, 6) is -0.934. The number of carbonyl (C=O) groups excluding carboxylic acids is 1. The lowest BCUT2D eigenvalue weighted by molar-refractivity contribution is -0.114. The number of carboxylic acid groups (broad SMARTS) is 1. The maximum atomic E-state index is 12.6. The number of hydrogen-bond acceptors (Lipinski definition) is 5. The number of hydrazone groups is 1. The number of nitrogens with zero attached hydrogens (tertiary/aromatic N) is 5. The second-order valence-electron chi connectivity index (χ2n) is 5.76. The van der Waals surface area contributed by atoms with Gasteiger partial charge in [0.1, 0.15) is 0 Å². The Bertz CT molecular complexity index is 1100. The number of aryl methyl sites for hydroxylation is 1. The van der Waals surface area contributed by atoms with Gasteiger partial charge >= 0.3 is 5.97 Å². The fraction of sp³-hybridized carbons (Fsp3) is 0.0556. The smallest absolute Gasteiger partial charge is 0.335 e. The molecule has 3 aromatic rings. The van der Waals surface area contributed by atoms with Crippen LogP contribution in [0.4, 0.5) is 5.82 Å². The zero-order valence-corrected chi connectivity index (χ0v) is 13.7. The van der Waals surface area contributed by atoms with Gasteiger partial charge in [0, 0.05) is 42.1 Å². The largest absolute Gasteiger partial charge is 0.478 e. The Morgan fingerprint density at radius 3 is 2.85 bits per heavy atom. The SMILES string of the molecule is Cn1cc(C=C2C=NN(c3cnccn3)C2=O)c2ccc(C(=O)O)cc21. The van der Waals surface area contributed by atoms with Gasteiger partial charge in [-0.2, -0.15) is 10.1 Å². The van der Waals surface area contributed by atoms with Crippen LogP contribution in [0.3, 0.4) is 0 Å². The first kappa shape index (κ1) is 15.7. The number of hydrogen-bond donors (Lipinski definition) is 1. The van der Waals surface area contributed by atoms with Gasteiger partial charge in [-0.25, -0.2) is 9.78 Å². The van der Waals surface area contributed by atoms with Crippen molar-refractivity contribution in [3.05, 3.63) is 59.7 Å². The van der Waals surface area contributed by atoms with Crippen molar-refractivity contribution in [1.29, 1.82) is 0 Å². The number of anilines is 1. The molecule has 3 heterocycles. The highest BCUT2D eigenvalue weighted by Gasteiger charge is 2.25. The van der Waals surface area contributed by atoms with Crippen molar-refractivity contribution >= 4 is 40.9 Å². The fourth-order valence-corrected chi connectivity index (χ4v) is 2.84. The number of rotatable bonds is 3. The van der Waals surface area contributed by atoms with Gasteiger partial charge in [-0.1, -0.05) is 6.07 Å². The Morgan fingerprint density at radius 1 is 1.27 bits per heavy atom. The average Bonchev–Trinajstić information content (AvgIpc) is 3.16. The van der Waals surface area contributed by atoms with Crippen molar-refractivity contribution in [1.82, 2.24) is 14.5 Å². The molecule has 0 radical (unpaired) electrons. The van der Waals surface area contributed by atoms with Crippen molar-refractivity contribution in [2.45, 2.75) is 0 Å². The molecule has 1 aromatic carbocycles. The number of amides is 1. The van der Waals surface area contributed by atoms with Crippen LogP contribution in [0.5, 0.6) is 0 Å². The first-order valence-electron chi connectivity index (χ1n) is 7.73. The van der Waals surface area contributed by atoms with Crippen molar-refractivity contribution < 1.29 is 14.7 Å². The molecule has 0 bridgehead atoms. The standard InChI is InChI=1S/C18H13N5O3/c1-22-10-13(14-3-2-11(18(25)26)7-15(14)22)6-12-8-21-23(17(12)24)16-9-19-4-5-20-16/h2-10H,1H3,(H,25,26). The van der Waals surface area contributed by atoms with Crippen LogP contribution in [0.25, 0.3) is 17.0 Å². The van der Waals surface area contributed by atoms with Gasteiger partial charge in [-0.3, -0.25) is 9.78 Å². The summed E-state index contributed by atoms with van der Waals surface area (Å²) in [5, 5.41) is 15.3. The molecule has 1 aliphatic heterocycles. The second kappa shape index (κ2) is 5.92. The third-order valence-corrected chi connectivity index (χ3v) is 4.10. The van der Waals surface area contributed by atoms with E-state index in [2.05, 4.69) is 15.1 Å². The minimum absolute atomic E-state index is 0.213. The van der Waals surface area contributed by atoms with Crippen LogP contribution in [-0.2, 0) is 11.8 Å². The monoisotopic (exact) mass is 347 g/mol. The number of aromatic carboxylic acids is 1. The highest BCUT2D eigenvalue weighted by atomic mass is 16.4. The molecule has 8 heteroatoms. The van der Waals surface area contributed by atoms with Gasteiger partial charge in [0.2, 0.25) is 0 Å². The predicted octanol–water partition coefficient (Wildman–Crippen LogP) is 2.08. The molecular weight excluding hydrogens is 334 g/mol. The molecule has 0 aliphatic carbocycles. The van der Waals surface area contributed by atoms with Gasteiger partial charge in [0.05, 0.1) is 23.5 Å². The maximum Gasteiger partial charge on any atom is 0.335 e. The number of aromatic nitrogens is 3. The number of benzene rings is 1. The van der Waals surface area contributed by atoms with Crippen LogP contribution < -0.4 is 5.01 Å². The lowest BCUT2D eigenvalue weighted by Gasteiger charge is -2.08. The zero-order chi connectivity index (χ0) is 18.3. The molecule has 26 heavy (non-hydrogen) atoms. The van der Waals surface area contributed by atoms with Gasteiger partial charge in [-0.05, 0) is 18.2 Å². The minimum atomic E-state index is -0.981. The van der Waals surface area contributed by atoms with E-state index in [1.165, 1.54) is 29.8 Å². The number of fused-ring (bicyclic) bond motifs is 1. The Kier molecular flexibility index (Phi) is 3.58. The van der Waals surface area contributed by atoms with Crippen LogP contribution in [-0.4, -0.2) is 37.7 Å². The van der Waals surface area contributed by atoms with Gasteiger partial charge in [-0.15, -0.1) is 0 Å². The molecule has 8 nitrogen and oxygen atoms in total. The maximum absolute atomic E-state index is 12.6. The van der Waals surface area contributed by atoms with Crippen molar-refractivity contribution in [3.8, 4) is 0 Å². The topological polar surface area (TPSA) is 101 Å². The third kappa shape index (κ3) is 2.53. The Hall–Kier alpha value is -3.81. The van der Waals surface area contributed by atoms with Gasteiger partial charge in [0.25, 0.3) is 5.91 Å². The third-order valence-electron chi connectivity index (χ3n) is 4.10. The number of carboxylic acids is 1. The summed E-state index contributed by atoms with van der Waals surface area (Å²) in [6.45, 7) is 0. The molecule has 4 rings (SSSR count). The first-order chi connectivity index (χ1) is 12.5. The van der Waals surface area contributed by atoms with E-state index >= 15 is 0 Å². The molecule has 1 aliphatic rings. The lowest BCUT2D eigenvalue weighted by Crippen LogP contribution is -2.22. The molecular formula is C18H13N5O3. The van der Waals surface area contributed by atoms with Crippen molar-refractivity contribution in [2.75, 3.05) is 5.01 Å². The van der Waals surface area contributed by atoms with E-state index in [4.69, 9.17) is 5.11 Å². The summed E-state index contributed by atoms with van der Waals surface area (Å²) >= 11 is 0. The molecule has 128 valence electrons. The molecule has 0 fully saturated rings. The summed E-state index contributed by atoms with van der Waals surface area (Å²) in [4.78, 5) is 31.7. The average molecular weight is 347 g/mol. The molecule has 1 amide bonds. The molecule has 0 saturated heterocycles. The van der Waals surface area contributed by atoms with E-state index < -0.39 is 5.97 Å².